The molecular weight excluding hydrogens is 306 g/mol. The van der Waals surface area contributed by atoms with Gasteiger partial charge in [-0.2, -0.15) is 0 Å². The number of sulfonamides is 1. The molecule has 0 bridgehead atoms. The second kappa shape index (κ2) is 7.53. The van der Waals surface area contributed by atoms with E-state index in [9.17, 15) is 18.5 Å². The predicted molar refractivity (Wildman–Crippen MR) is 76.5 cm³/mol. The first-order valence-electron chi connectivity index (χ1n) is 6.03. The van der Waals surface area contributed by atoms with Crippen LogP contribution in [0.4, 0.5) is 5.69 Å². The first-order valence-corrected chi connectivity index (χ1v) is 7.89. The minimum absolute atomic E-state index is 0.114. The molecule has 112 valence electrons. The smallest absolute Gasteiger partial charge is 0.290 e. The maximum Gasteiger partial charge on any atom is 0.290 e. The van der Waals surface area contributed by atoms with Crippen molar-refractivity contribution in [2.24, 2.45) is 0 Å². The molecule has 0 unspecified atom stereocenters. The zero-order chi connectivity index (χ0) is 15.2. The van der Waals surface area contributed by atoms with E-state index in [0.717, 1.165) is 18.7 Å². The molecule has 0 aliphatic heterocycles. The van der Waals surface area contributed by atoms with Crippen molar-refractivity contribution in [1.29, 1.82) is 0 Å². The molecule has 0 spiro atoms. The molecule has 1 aromatic rings. The van der Waals surface area contributed by atoms with Crippen LogP contribution in [0.5, 0.6) is 0 Å². The molecule has 0 saturated carbocycles. The second-order valence-corrected chi connectivity index (χ2v) is 6.15. The van der Waals surface area contributed by atoms with Gasteiger partial charge in [-0.15, -0.1) is 0 Å². The minimum Gasteiger partial charge on any atom is -0.317 e. The first kappa shape index (κ1) is 16.8. The van der Waals surface area contributed by atoms with Gasteiger partial charge in [0.15, 0.2) is 4.90 Å². The molecule has 2 N–H and O–H groups in total. The highest BCUT2D eigenvalue weighted by Gasteiger charge is 2.25. The van der Waals surface area contributed by atoms with Gasteiger partial charge < -0.3 is 5.32 Å². The van der Waals surface area contributed by atoms with Crippen LogP contribution in [0, 0.1) is 10.1 Å². The molecule has 1 aromatic carbocycles. The van der Waals surface area contributed by atoms with Crippen LogP contribution in [0.15, 0.2) is 23.1 Å². The van der Waals surface area contributed by atoms with Gasteiger partial charge >= 0.3 is 0 Å². The van der Waals surface area contributed by atoms with Gasteiger partial charge in [0.1, 0.15) is 0 Å². The van der Waals surface area contributed by atoms with Crippen LogP contribution in [-0.2, 0) is 10.0 Å². The molecule has 0 radical (unpaired) electrons. The largest absolute Gasteiger partial charge is 0.317 e. The summed E-state index contributed by atoms with van der Waals surface area (Å²) in [5.74, 6) is 0. The quantitative estimate of drug-likeness (QED) is 0.429. The SMILES string of the molecule is CCNCCCNS(=O)(=O)c1ccc(Cl)cc1[N+](=O)[O-]. The Balaban J connectivity index is 2.84. The van der Waals surface area contributed by atoms with Gasteiger partial charge in [0, 0.05) is 17.6 Å². The van der Waals surface area contributed by atoms with Crippen LogP contribution < -0.4 is 10.0 Å². The van der Waals surface area contributed by atoms with E-state index in [1.54, 1.807) is 0 Å². The van der Waals surface area contributed by atoms with Gasteiger partial charge in [-0.1, -0.05) is 18.5 Å². The summed E-state index contributed by atoms with van der Waals surface area (Å²) < 4.78 is 26.4. The number of hydrogen-bond donors (Lipinski definition) is 2. The van der Waals surface area contributed by atoms with E-state index < -0.39 is 20.6 Å². The lowest BCUT2D eigenvalue weighted by Crippen LogP contribution is -2.28. The van der Waals surface area contributed by atoms with Gasteiger partial charge in [-0.05, 0) is 31.6 Å². The van der Waals surface area contributed by atoms with Gasteiger partial charge in [-0.25, -0.2) is 13.1 Å². The molecular formula is C11H16ClN3O4S. The first-order chi connectivity index (χ1) is 9.38. The average molecular weight is 322 g/mol. The Morgan fingerprint density at radius 1 is 1.35 bits per heavy atom. The summed E-state index contributed by atoms with van der Waals surface area (Å²) in [4.78, 5) is 9.74. The van der Waals surface area contributed by atoms with Crippen LogP contribution in [0.2, 0.25) is 5.02 Å². The number of rotatable bonds is 8. The molecule has 7 nitrogen and oxygen atoms in total. The van der Waals surface area contributed by atoms with Crippen molar-refractivity contribution < 1.29 is 13.3 Å². The number of nitro benzene ring substituents is 1. The van der Waals surface area contributed by atoms with E-state index in [1.165, 1.54) is 6.07 Å². The summed E-state index contributed by atoms with van der Waals surface area (Å²) in [6, 6.07) is 3.46. The summed E-state index contributed by atoms with van der Waals surface area (Å²) in [5.41, 5.74) is -0.531. The van der Waals surface area contributed by atoms with E-state index in [-0.39, 0.29) is 16.5 Å². The Kier molecular flexibility index (Phi) is 6.34. The van der Waals surface area contributed by atoms with Crippen LogP contribution in [0.25, 0.3) is 0 Å². The van der Waals surface area contributed by atoms with Crippen molar-refractivity contribution in [2.45, 2.75) is 18.2 Å². The molecule has 0 aliphatic rings. The predicted octanol–water partition coefficient (Wildman–Crippen LogP) is 1.53. The molecule has 0 heterocycles. The van der Waals surface area contributed by atoms with Crippen LogP contribution >= 0.6 is 11.6 Å². The number of nitrogens with zero attached hydrogens (tertiary/aromatic N) is 1. The molecule has 0 aromatic heterocycles. The number of halogens is 1. The summed E-state index contributed by atoms with van der Waals surface area (Å²) >= 11 is 5.64. The van der Waals surface area contributed by atoms with Crippen molar-refractivity contribution in [3.05, 3.63) is 33.3 Å². The lowest BCUT2D eigenvalue weighted by atomic mass is 10.3. The number of benzene rings is 1. The molecule has 0 fully saturated rings. The Hall–Kier alpha value is -1.22. The molecule has 20 heavy (non-hydrogen) atoms. The molecule has 9 heteroatoms. The zero-order valence-electron chi connectivity index (χ0n) is 10.9. The van der Waals surface area contributed by atoms with Gasteiger partial charge in [-0.3, -0.25) is 10.1 Å². The Morgan fingerprint density at radius 2 is 2.05 bits per heavy atom. The lowest BCUT2D eigenvalue weighted by Gasteiger charge is -2.07. The third-order valence-electron chi connectivity index (χ3n) is 2.48. The minimum atomic E-state index is -3.92. The van der Waals surface area contributed by atoms with E-state index in [4.69, 9.17) is 11.6 Å². The standard InChI is InChI=1S/C11H16ClN3O4S/c1-2-13-6-3-7-14-20(18,19)11-5-4-9(12)8-10(11)15(16)17/h4-5,8,13-14H,2-3,6-7H2,1H3. The van der Waals surface area contributed by atoms with Crippen molar-refractivity contribution in [3.8, 4) is 0 Å². The summed E-state index contributed by atoms with van der Waals surface area (Å²) in [5, 5.41) is 14.0. The molecule has 0 aliphatic carbocycles. The summed E-state index contributed by atoms with van der Waals surface area (Å²) in [6.07, 6.45) is 0.592. The fourth-order valence-electron chi connectivity index (χ4n) is 1.53. The highest BCUT2D eigenvalue weighted by Crippen LogP contribution is 2.26. The Morgan fingerprint density at radius 3 is 2.65 bits per heavy atom. The average Bonchev–Trinajstić information content (AvgIpc) is 2.38. The number of nitro groups is 1. The highest BCUT2D eigenvalue weighted by molar-refractivity contribution is 7.89. The lowest BCUT2D eigenvalue weighted by molar-refractivity contribution is -0.387. The normalized spacial score (nSPS) is 11.5. The number of nitrogens with one attached hydrogen (secondary N) is 2. The molecule has 0 atom stereocenters. The fraction of sp³-hybridized carbons (Fsp3) is 0.455. The maximum atomic E-state index is 12.0. The van der Waals surface area contributed by atoms with Crippen molar-refractivity contribution >= 4 is 27.3 Å². The second-order valence-electron chi connectivity index (χ2n) is 3.97. The molecule has 0 saturated heterocycles. The van der Waals surface area contributed by atoms with Crippen molar-refractivity contribution in [1.82, 2.24) is 10.0 Å². The van der Waals surface area contributed by atoms with Gasteiger partial charge in [0.05, 0.1) is 4.92 Å². The molecule has 0 amide bonds. The summed E-state index contributed by atoms with van der Waals surface area (Å²) in [6.45, 7) is 3.62. The van der Waals surface area contributed by atoms with E-state index in [0.29, 0.717) is 13.0 Å². The maximum absolute atomic E-state index is 12.0. The third-order valence-corrected chi connectivity index (χ3v) is 4.22. The van der Waals surface area contributed by atoms with Crippen LogP contribution in [0.1, 0.15) is 13.3 Å². The topological polar surface area (TPSA) is 101 Å². The van der Waals surface area contributed by atoms with Crippen molar-refractivity contribution in [2.75, 3.05) is 19.6 Å². The zero-order valence-corrected chi connectivity index (χ0v) is 12.5. The van der Waals surface area contributed by atoms with Gasteiger partial charge in [0.25, 0.3) is 5.69 Å². The number of hydrogen-bond acceptors (Lipinski definition) is 5. The van der Waals surface area contributed by atoms with E-state index in [1.807, 2.05) is 6.92 Å². The van der Waals surface area contributed by atoms with Crippen LogP contribution in [-0.4, -0.2) is 33.0 Å². The Labute approximate surface area is 122 Å². The van der Waals surface area contributed by atoms with E-state index in [2.05, 4.69) is 10.0 Å². The summed E-state index contributed by atoms with van der Waals surface area (Å²) in [7, 11) is -3.92. The third kappa shape index (κ3) is 4.71. The monoisotopic (exact) mass is 321 g/mol. The molecule has 1 rings (SSSR count). The fourth-order valence-corrected chi connectivity index (χ4v) is 2.93. The van der Waals surface area contributed by atoms with E-state index >= 15 is 0 Å². The Bertz CT molecular complexity index is 577. The van der Waals surface area contributed by atoms with Crippen LogP contribution in [0.3, 0.4) is 0 Å². The van der Waals surface area contributed by atoms with Gasteiger partial charge in [0.2, 0.25) is 10.0 Å². The van der Waals surface area contributed by atoms with Crippen molar-refractivity contribution in [3.63, 3.8) is 0 Å². The highest BCUT2D eigenvalue weighted by atomic mass is 35.5.